The highest BCUT2D eigenvalue weighted by Gasteiger charge is 2.29. The lowest BCUT2D eigenvalue weighted by Gasteiger charge is -1.98. The van der Waals surface area contributed by atoms with Gasteiger partial charge in [0.05, 0.1) is 12.1 Å². The number of carbonyl (C=O) groups excluding carboxylic acids is 1. The van der Waals surface area contributed by atoms with Gasteiger partial charge >= 0.3 is 0 Å². The van der Waals surface area contributed by atoms with Crippen LogP contribution < -0.4 is 10.1 Å². The Morgan fingerprint density at radius 1 is 1.41 bits per heavy atom. The first kappa shape index (κ1) is 10.6. The lowest BCUT2D eigenvalue weighted by molar-refractivity contribution is -0.117. The fourth-order valence-electron chi connectivity index (χ4n) is 1.77. The zero-order valence-electron chi connectivity index (χ0n) is 9.53. The van der Waals surface area contributed by atoms with E-state index in [1.807, 2.05) is 24.3 Å². The molecule has 1 heterocycles. The van der Waals surface area contributed by atoms with E-state index in [0.717, 1.165) is 33.7 Å². The normalized spacial score (nSPS) is 14.9. The maximum absolute atomic E-state index is 11.6. The number of benzene rings is 1. The van der Waals surface area contributed by atoms with Crippen LogP contribution in [0.25, 0.3) is 10.1 Å². The van der Waals surface area contributed by atoms with Crippen molar-refractivity contribution in [3.8, 4) is 5.75 Å². The van der Waals surface area contributed by atoms with Gasteiger partial charge in [-0.05, 0) is 42.5 Å². The van der Waals surface area contributed by atoms with Gasteiger partial charge in [-0.15, -0.1) is 11.3 Å². The van der Waals surface area contributed by atoms with Crippen molar-refractivity contribution in [2.24, 2.45) is 5.92 Å². The molecule has 1 aromatic heterocycles. The van der Waals surface area contributed by atoms with Crippen LogP contribution >= 0.6 is 11.3 Å². The van der Waals surface area contributed by atoms with Crippen molar-refractivity contribution in [3.05, 3.63) is 24.3 Å². The number of hydrogen-bond acceptors (Lipinski definition) is 3. The summed E-state index contributed by atoms with van der Waals surface area (Å²) < 4.78 is 6.31. The number of fused-ring (bicyclic) bond motifs is 1. The van der Waals surface area contributed by atoms with E-state index in [0.29, 0.717) is 0 Å². The van der Waals surface area contributed by atoms with Crippen LogP contribution in [0.15, 0.2) is 24.3 Å². The lowest BCUT2D eigenvalue weighted by Crippen LogP contribution is -2.11. The predicted octanol–water partition coefficient (Wildman–Crippen LogP) is 3.26. The van der Waals surface area contributed by atoms with Crippen LogP contribution in [-0.4, -0.2) is 13.0 Å². The van der Waals surface area contributed by atoms with E-state index < -0.39 is 0 Å². The molecule has 0 spiro atoms. The monoisotopic (exact) mass is 247 g/mol. The van der Waals surface area contributed by atoms with E-state index in [1.54, 1.807) is 18.4 Å². The van der Waals surface area contributed by atoms with E-state index in [2.05, 4.69) is 5.32 Å². The van der Waals surface area contributed by atoms with E-state index >= 15 is 0 Å². The Labute approximate surface area is 103 Å². The Morgan fingerprint density at radius 2 is 2.24 bits per heavy atom. The van der Waals surface area contributed by atoms with Gasteiger partial charge < -0.3 is 10.1 Å². The van der Waals surface area contributed by atoms with Gasteiger partial charge in [-0.25, -0.2) is 0 Å². The smallest absolute Gasteiger partial charge is 0.228 e. The number of anilines is 1. The summed E-state index contributed by atoms with van der Waals surface area (Å²) in [5, 5.41) is 5.03. The van der Waals surface area contributed by atoms with E-state index in [1.165, 1.54) is 0 Å². The summed E-state index contributed by atoms with van der Waals surface area (Å²) in [5.41, 5.74) is 0. The van der Waals surface area contributed by atoms with Crippen LogP contribution in [0.1, 0.15) is 12.8 Å². The molecule has 3 rings (SSSR count). The lowest BCUT2D eigenvalue weighted by atomic mass is 10.2. The van der Waals surface area contributed by atoms with Crippen LogP contribution in [0.5, 0.6) is 5.75 Å². The molecular weight excluding hydrogens is 234 g/mol. The van der Waals surface area contributed by atoms with Crippen LogP contribution in [0.3, 0.4) is 0 Å². The van der Waals surface area contributed by atoms with Gasteiger partial charge in [-0.1, -0.05) is 0 Å². The number of ether oxygens (including phenoxy) is 1. The number of thiophene rings is 1. The van der Waals surface area contributed by atoms with Crippen LogP contribution in [0.4, 0.5) is 5.00 Å². The highest BCUT2D eigenvalue weighted by molar-refractivity contribution is 7.23. The standard InChI is InChI=1S/C13H13NO2S/c1-16-10-5-4-9-6-12(17-11(9)7-10)14-13(15)8-2-3-8/h4-8H,2-3H2,1H3,(H,14,15). The topological polar surface area (TPSA) is 38.3 Å². The van der Waals surface area contributed by atoms with Gasteiger partial charge in [0.2, 0.25) is 5.91 Å². The molecule has 1 aliphatic rings. The zero-order chi connectivity index (χ0) is 11.8. The third-order valence-electron chi connectivity index (χ3n) is 2.92. The van der Waals surface area contributed by atoms with Gasteiger partial charge in [0.15, 0.2) is 0 Å². The minimum atomic E-state index is 0.156. The number of rotatable bonds is 3. The first-order valence-corrected chi connectivity index (χ1v) is 6.46. The van der Waals surface area contributed by atoms with Crippen molar-refractivity contribution in [2.45, 2.75) is 12.8 Å². The fourth-order valence-corrected chi connectivity index (χ4v) is 2.76. The number of methoxy groups -OCH3 is 1. The van der Waals surface area contributed by atoms with Crippen LogP contribution in [0, 0.1) is 5.92 Å². The Kier molecular flexibility index (Phi) is 2.52. The minimum absolute atomic E-state index is 0.156. The quantitative estimate of drug-likeness (QED) is 0.904. The molecule has 1 fully saturated rings. The van der Waals surface area contributed by atoms with Crippen molar-refractivity contribution in [2.75, 3.05) is 12.4 Å². The molecule has 0 aliphatic heterocycles. The third kappa shape index (κ3) is 2.13. The first-order valence-electron chi connectivity index (χ1n) is 5.65. The molecule has 1 aliphatic carbocycles. The van der Waals surface area contributed by atoms with Crippen molar-refractivity contribution in [1.82, 2.24) is 0 Å². The molecule has 1 aromatic carbocycles. The van der Waals surface area contributed by atoms with Crippen LogP contribution in [0.2, 0.25) is 0 Å². The first-order chi connectivity index (χ1) is 8.26. The molecule has 0 bridgehead atoms. The second kappa shape index (κ2) is 4.04. The van der Waals surface area contributed by atoms with Gasteiger partial charge in [0.25, 0.3) is 0 Å². The Bertz CT molecular complexity index is 572. The molecule has 0 atom stereocenters. The largest absolute Gasteiger partial charge is 0.497 e. The van der Waals surface area contributed by atoms with Gasteiger partial charge in [-0.3, -0.25) is 4.79 Å². The molecule has 1 N–H and O–H groups in total. The summed E-state index contributed by atoms with van der Waals surface area (Å²) in [5.74, 6) is 1.25. The molecule has 88 valence electrons. The van der Waals surface area contributed by atoms with Gasteiger partial charge in [0, 0.05) is 10.6 Å². The summed E-state index contributed by atoms with van der Waals surface area (Å²) in [7, 11) is 1.66. The second-order valence-corrected chi connectivity index (χ2v) is 5.36. The molecule has 3 nitrogen and oxygen atoms in total. The summed E-state index contributed by atoms with van der Waals surface area (Å²) in [6.45, 7) is 0. The molecule has 0 unspecified atom stereocenters. The van der Waals surface area contributed by atoms with Gasteiger partial charge in [0.1, 0.15) is 5.75 Å². The van der Waals surface area contributed by atoms with E-state index in [9.17, 15) is 4.79 Å². The maximum atomic E-state index is 11.6. The van der Waals surface area contributed by atoms with Crippen molar-refractivity contribution < 1.29 is 9.53 Å². The number of hydrogen-bond donors (Lipinski definition) is 1. The highest BCUT2D eigenvalue weighted by Crippen LogP contribution is 2.35. The SMILES string of the molecule is COc1ccc2cc(NC(=O)C3CC3)sc2c1. The minimum Gasteiger partial charge on any atom is -0.497 e. The van der Waals surface area contributed by atoms with Gasteiger partial charge in [-0.2, -0.15) is 0 Å². The number of carbonyl (C=O) groups is 1. The van der Waals surface area contributed by atoms with Crippen molar-refractivity contribution in [3.63, 3.8) is 0 Å². The predicted molar refractivity (Wildman–Crippen MR) is 69.7 cm³/mol. The Hall–Kier alpha value is -1.55. The summed E-state index contributed by atoms with van der Waals surface area (Å²) in [6, 6.07) is 7.95. The summed E-state index contributed by atoms with van der Waals surface area (Å²) in [6.07, 6.45) is 2.06. The zero-order valence-corrected chi connectivity index (χ0v) is 10.3. The molecule has 0 saturated heterocycles. The van der Waals surface area contributed by atoms with E-state index in [-0.39, 0.29) is 11.8 Å². The molecular formula is C13H13NO2S. The molecule has 1 amide bonds. The maximum Gasteiger partial charge on any atom is 0.228 e. The molecule has 2 aromatic rings. The summed E-state index contributed by atoms with van der Waals surface area (Å²) in [4.78, 5) is 11.6. The summed E-state index contributed by atoms with van der Waals surface area (Å²) >= 11 is 1.59. The van der Waals surface area contributed by atoms with Crippen molar-refractivity contribution >= 4 is 32.3 Å². The molecule has 4 heteroatoms. The Morgan fingerprint density at radius 3 is 2.94 bits per heavy atom. The van der Waals surface area contributed by atoms with E-state index in [4.69, 9.17) is 4.74 Å². The third-order valence-corrected chi connectivity index (χ3v) is 3.94. The fraction of sp³-hybridized carbons (Fsp3) is 0.308. The second-order valence-electron chi connectivity index (χ2n) is 4.28. The molecule has 1 saturated carbocycles. The van der Waals surface area contributed by atoms with Crippen molar-refractivity contribution in [1.29, 1.82) is 0 Å². The molecule has 0 radical (unpaired) electrons. The number of amides is 1. The average molecular weight is 247 g/mol. The highest BCUT2D eigenvalue weighted by atomic mass is 32.1. The Balaban J connectivity index is 1.87. The average Bonchev–Trinajstić information content (AvgIpc) is 3.10. The molecule has 17 heavy (non-hydrogen) atoms. The van der Waals surface area contributed by atoms with Crippen LogP contribution in [-0.2, 0) is 4.79 Å². The number of nitrogens with one attached hydrogen (secondary N) is 1.